The standard InChI is InChI=1S/C20H18ClN5O2S/c1-12-7-8-14(9-15(12)21)22-18(28)11-29-20-25-24-19-23-17(27)10-16(26(19)20)13-5-3-2-4-6-13/h2-10,19,24H,11H2,1H3,(H,22,28)(H,23,27). The van der Waals surface area contributed by atoms with E-state index in [1.807, 2.05) is 54.3 Å². The van der Waals surface area contributed by atoms with Gasteiger partial charge in [-0.3, -0.25) is 19.9 Å². The van der Waals surface area contributed by atoms with Crippen LogP contribution in [0.1, 0.15) is 11.1 Å². The summed E-state index contributed by atoms with van der Waals surface area (Å²) in [5.74, 6) is -0.217. The van der Waals surface area contributed by atoms with Gasteiger partial charge in [-0.25, -0.2) is 0 Å². The molecule has 3 N–H and O–H groups in total. The number of fused-ring (bicyclic) bond motifs is 1. The number of nitrogens with one attached hydrogen (secondary N) is 3. The Bertz CT molecular complexity index is 1020. The topological polar surface area (TPSA) is 85.8 Å². The van der Waals surface area contributed by atoms with E-state index >= 15 is 0 Å². The van der Waals surface area contributed by atoms with Gasteiger partial charge < -0.3 is 10.6 Å². The summed E-state index contributed by atoms with van der Waals surface area (Å²) in [6.07, 6.45) is 1.05. The van der Waals surface area contributed by atoms with Crippen molar-refractivity contribution in [2.75, 3.05) is 11.1 Å². The lowest BCUT2D eigenvalue weighted by Gasteiger charge is -2.32. The van der Waals surface area contributed by atoms with Crippen LogP contribution in [-0.2, 0) is 9.59 Å². The molecule has 0 aliphatic carbocycles. The predicted molar refractivity (Wildman–Crippen MR) is 116 cm³/mol. The van der Waals surface area contributed by atoms with Crippen molar-refractivity contribution in [1.29, 1.82) is 0 Å². The van der Waals surface area contributed by atoms with E-state index in [1.54, 1.807) is 6.07 Å². The van der Waals surface area contributed by atoms with Gasteiger partial charge in [0.2, 0.25) is 11.8 Å². The van der Waals surface area contributed by atoms with E-state index in [1.165, 1.54) is 17.8 Å². The first kappa shape index (κ1) is 19.4. The molecule has 2 aliphatic rings. The van der Waals surface area contributed by atoms with Crippen molar-refractivity contribution in [3.63, 3.8) is 0 Å². The number of aryl methyl sites for hydroxylation is 1. The van der Waals surface area contributed by atoms with Crippen molar-refractivity contribution in [3.05, 3.63) is 70.8 Å². The lowest BCUT2D eigenvalue weighted by molar-refractivity contribution is -0.118. The Hall–Kier alpha value is -2.97. The zero-order valence-electron chi connectivity index (χ0n) is 15.5. The number of hydrogen-bond acceptors (Lipinski definition) is 6. The third-order valence-corrected chi connectivity index (χ3v) is 5.77. The van der Waals surface area contributed by atoms with Crippen LogP contribution in [0.4, 0.5) is 5.69 Å². The van der Waals surface area contributed by atoms with Gasteiger partial charge in [-0.1, -0.05) is 59.8 Å². The summed E-state index contributed by atoms with van der Waals surface area (Å²) >= 11 is 7.39. The molecule has 0 fully saturated rings. The maximum atomic E-state index is 12.4. The summed E-state index contributed by atoms with van der Waals surface area (Å²) in [6.45, 7) is 1.90. The second kappa shape index (κ2) is 8.18. The molecule has 29 heavy (non-hydrogen) atoms. The van der Waals surface area contributed by atoms with Crippen LogP contribution in [-0.4, -0.2) is 33.9 Å². The third kappa shape index (κ3) is 4.23. The molecule has 0 bridgehead atoms. The number of anilines is 1. The number of rotatable bonds is 4. The van der Waals surface area contributed by atoms with Gasteiger partial charge in [0.15, 0.2) is 11.5 Å². The van der Waals surface area contributed by atoms with Gasteiger partial charge in [0, 0.05) is 16.8 Å². The highest BCUT2D eigenvalue weighted by molar-refractivity contribution is 8.14. The van der Waals surface area contributed by atoms with Crippen LogP contribution in [0.2, 0.25) is 5.02 Å². The van der Waals surface area contributed by atoms with Crippen LogP contribution in [0.3, 0.4) is 0 Å². The number of amidine groups is 1. The Balaban J connectivity index is 1.45. The first-order valence-corrected chi connectivity index (χ1v) is 10.3. The molecule has 148 valence electrons. The first-order valence-electron chi connectivity index (χ1n) is 8.90. The molecule has 0 saturated heterocycles. The average molecular weight is 428 g/mol. The number of halogens is 1. The van der Waals surface area contributed by atoms with E-state index in [0.717, 1.165) is 16.8 Å². The SMILES string of the molecule is Cc1ccc(NC(=O)CSC2=NNC3NC(=O)C=C(c4ccccc4)N23)cc1Cl. The van der Waals surface area contributed by atoms with E-state index < -0.39 is 6.29 Å². The molecule has 2 aromatic carbocycles. The van der Waals surface area contributed by atoms with E-state index in [-0.39, 0.29) is 17.6 Å². The van der Waals surface area contributed by atoms with Gasteiger partial charge in [0.1, 0.15) is 0 Å². The molecule has 0 saturated carbocycles. The molecular formula is C20H18ClN5O2S. The van der Waals surface area contributed by atoms with Crippen LogP contribution >= 0.6 is 23.4 Å². The van der Waals surface area contributed by atoms with Gasteiger partial charge in [-0.05, 0) is 30.2 Å². The molecule has 0 radical (unpaired) electrons. The van der Waals surface area contributed by atoms with Gasteiger partial charge in [0.25, 0.3) is 0 Å². The van der Waals surface area contributed by atoms with E-state index in [0.29, 0.717) is 15.9 Å². The summed E-state index contributed by atoms with van der Waals surface area (Å²) in [5, 5.41) is 11.1. The van der Waals surface area contributed by atoms with Crippen molar-refractivity contribution in [3.8, 4) is 0 Å². The molecule has 2 aliphatic heterocycles. The lowest BCUT2D eigenvalue weighted by Crippen LogP contribution is -2.53. The largest absolute Gasteiger partial charge is 0.325 e. The van der Waals surface area contributed by atoms with E-state index in [2.05, 4.69) is 21.2 Å². The van der Waals surface area contributed by atoms with Crippen molar-refractivity contribution >= 4 is 51.7 Å². The maximum Gasteiger partial charge on any atom is 0.249 e. The summed E-state index contributed by atoms with van der Waals surface area (Å²) in [5.41, 5.74) is 6.10. The number of carbonyl (C=O) groups excluding carboxylic acids is 2. The number of hydrogen-bond donors (Lipinski definition) is 3. The van der Waals surface area contributed by atoms with Gasteiger partial charge in [-0.15, -0.1) is 0 Å². The summed E-state index contributed by atoms with van der Waals surface area (Å²) in [6, 6.07) is 15.0. The fourth-order valence-electron chi connectivity index (χ4n) is 2.98. The molecule has 4 rings (SSSR count). The number of hydrazone groups is 1. The Morgan fingerprint density at radius 3 is 2.83 bits per heavy atom. The molecule has 0 aromatic heterocycles. The van der Waals surface area contributed by atoms with E-state index in [4.69, 9.17) is 11.6 Å². The summed E-state index contributed by atoms with van der Waals surface area (Å²) < 4.78 is 0. The van der Waals surface area contributed by atoms with Gasteiger partial charge in [0.05, 0.1) is 11.4 Å². The number of thioether (sulfide) groups is 1. The second-order valence-corrected chi connectivity index (χ2v) is 7.85. The van der Waals surface area contributed by atoms with Crippen LogP contribution < -0.4 is 16.1 Å². The zero-order valence-corrected chi connectivity index (χ0v) is 17.1. The highest BCUT2D eigenvalue weighted by atomic mass is 35.5. The zero-order chi connectivity index (χ0) is 20.4. The predicted octanol–water partition coefficient (Wildman–Crippen LogP) is 2.95. The highest BCUT2D eigenvalue weighted by Crippen LogP contribution is 2.29. The molecular weight excluding hydrogens is 410 g/mol. The maximum absolute atomic E-state index is 12.4. The molecule has 1 atom stereocenters. The van der Waals surface area contributed by atoms with Crippen molar-refractivity contribution < 1.29 is 9.59 Å². The monoisotopic (exact) mass is 427 g/mol. The minimum Gasteiger partial charge on any atom is -0.325 e. The Morgan fingerprint density at radius 2 is 2.07 bits per heavy atom. The lowest BCUT2D eigenvalue weighted by atomic mass is 10.1. The molecule has 7 nitrogen and oxygen atoms in total. The second-order valence-electron chi connectivity index (χ2n) is 6.50. The average Bonchev–Trinajstić information content (AvgIpc) is 3.12. The molecule has 0 spiro atoms. The number of carbonyl (C=O) groups is 2. The quantitative estimate of drug-likeness (QED) is 0.698. The van der Waals surface area contributed by atoms with Crippen molar-refractivity contribution in [2.45, 2.75) is 13.2 Å². The Labute approximate surface area is 177 Å². The normalized spacial score (nSPS) is 17.7. The Morgan fingerprint density at radius 1 is 1.28 bits per heavy atom. The molecule has 2 heterocycles. The highest BCUT2D eigenvalue weighted by Gasteiger charge is 2.36. The molecule has 1 unspecified atom stereocenters. The van der Waals surface area contributed by atoms with Crippen molar-refractivity contribution in [2.24, 2.45) is 5.10 Å². The molecule has 2 aromatic rings. The van der Waals surface area contributed by atoms with Crippen LogP contribution in [0, 0.1) is 6.92 Å². The van der Waals surface area contributed by atoms with Crippen LogP contribution in [0.15, 0.2) is 59.7 Å². The smallest absolute Gasteiger partial charge is 0.249 e. The first-order chi connectivity index (χ1) is 14.0. The van der Waals surface area contributed by atoms with Crippen molar-refractivity contribution in [1.82, 2.24) is 15.6 Å². The van der Waals surface area contributed by atoms with E-state index in [9.17, 15) is 9.59 Å². The van der Waals surface area contributed by atoms with Gasteiger partial charge in [-0.2, -0.15) is 5.10 Å². The number of benzene rings is 2. The fourth-order valence-corrected chi connectivity index (χ4v) is 3.95. The third-order valence-electron chi connectivity index (χ3n) is 4.41. The van der Waals surface area contributed by atoms with Crippen LogP contribution in [0.25, 0.3) is 5.70 Å². The number of nitrogens with zero attached hydrogens (tertiary/aromatic N) is 2. The fraction of sp³-hybridized carbons (Fsp3) is 0.150. The van der Waals surface area contributed by atoms with Gasteiger partial charge >= 0.3 is 0 Å². The minimum absolute atomic E-state index is 0.158. The summed E-state index contributed by atoms with van der Waals surface area (Å²) in [7, 11) is 0. The number of amides is 2. The minimum atomic E-state index is -0.482. The molecule has 2 amide bonds. The van der Waals surface area contributed by atoms with Crippen LogP contribution in [0.5, 0.6) is 0 Å². The summed E-state index contributed by atoms with van der Waals surface area (Å²) in [4.78, 5) is 26.3. The molecule has 9 heteroatoms. The Kier molecular flexibility index (Phi) is 5.46.